The smallest absolute Gasteiger partial charge is 0.335 e. The summed E-state index contributed by atoms with van der Waals surface area (Å²) in [6.07, 6.45) is -0.589. The van der Waals surface area contributed by atoms with E-state index in [0.29, 0.717) is 0 Å². The molecule has 0 spiro atoms. The van der Waals surface area contributed by atoms with Crippen LogP contribution >= 0.6 is 10.9 Å². The number of hydrogen-bond acceptors (Lipinski definition) is 2. The topological polar surface area (TPSA) is 40.6 Å². The average molecular weight is 479 g/mol. The third-order valence-electron chi connectivity index (χ3n) is 5.58. The first-order valence-electron chi connectivity index (χ1n) is 10.4. The zero-order valence-corrected chi connectivity index (χ0v) is 18.5. The van der Waals surface area contributed by atoms with E-state index in [1.165, 1.54) is 28.0 Å². The predicted octanol–water partition coefficient (Wildman–Crippen LogP) is 4.98. The van der Waals surface area contributed by atoms with Crippen LogP contribution in [0.25, 0.3) is 0 Å². The van der Waals surface area contributed by atoms with Gasteiger partial charge in [-0.1, -0.05) is 24.3 Å². The van der Waals surface area contributed by atoms with Crippen molar-refractivity contribution in [3.05, 3.63) is 93.5 Å². The zero-order chi connectivity index (χ0) is 23.6. The van der Waals surface area contributed by atoms with E-state index >= 15 is 0 Å². The Labute approximate surface area is 191 Å². The molecule has 2 aromatic carbocycles. The minimum atomic E-state index is -4.54. The highest BCUT2D eigenvalue weighted by molar-refractivity contribution is 8.21. The molecule has 0 unspecified atom stereocenters. The quantitative estimate of drug-likeness (QED) is 0.497. The minimum Gasteiger partial charge on any atom is -0.335 e. The van der Waals surface area contributed by atoms with Crippen LogP contribution in [0, 0.1) is 5.82 Å². The summed E-state index contributed by atoms with van der Waals surface area (Å²) in [5.74, 6) is -0.856. The molecule has 0 atom stereocenters. The van der Waals surface area contributed by atoms with Crippen LogP contribution < -0.4 is 0 Å². The van der Waals surface area contributed by atoms with Gasteiger partial charge >= 0.3 is 6.18 Å². The van der Waals surface area contributed by atoms with E-state index < -0.39 is 40.3 Å². The number of amides is 2. The number of carbonyl (C=O) groups excluding carboxylic acids is 2. The maximum atomic E-state index is 14.4. The van der Waals surface area contributed by atoms with Gasteiger partial charge in [0.05, 0.1) is 11.1 Å². The standard InChI is InChI=1S/C24H22F4N2O2S/c25-21-7-6-17(16-33-12-1-2-13-33)14-20(21)23(32)30-10-8-29(9-11-30)22(31)18-4-3-5-19(15-18)24(26,27)28/h1-7,12-15,33H,8-11,16H2. The van der Waals surface area contributed by atoms with Gasteiger partial charge in [0.15, 0.2) is 0 Å². The van der Waals surface area contributed by atoms with Gasteiger partial charge < -0.3 is 9.80 Å². The zero-order valence-electron chi connectivity index (χ0n) is 17.6. The van der Waals surface area contributed by atoms with Crippen molar-refractivity contribution in [3.63, 3.8) is 0 Å². The highest BCUT2D eigenvalue weighted by Gasteiger charge is 2.32. The Morgan fingerprint density at radius 2 is 1.52 bits per heavy atom. The summed E-state index contributed by atoms with van der Waals surface area (Å²) in [5, 5.41) is 4.20. The van der Waals surface area contributed by atoms with Gasteiger partial charge in [-0.3, -0.25) is 9.59 Å². The van der Waals surface area contributed by atoms with Crippen molar-refractivity contribution in [2.24, 2.45) is 0 Å². The lowest BCUT2D eigenvalue weighted by Crippen LogP contribution is -2.50. The Bertz CT molecular complexity index is 1110. The second-order valence-corrected chi connectivity index (χ2v) is 9.77. The summed E-state index contributed by atoms with van der Waals surface area (Å²) in [5.41, 5.74) is -0.0735. The van der Waals surface area contributed by atoms with Crippen LogP contribution in [0.3, 0.4) is 0 Å². The molecule has 174 valence electrons. The molecule has 1 saturated heterocycles. The van der Waals surface area contributed by atoms with Crippen molar-refractivity contribution in [2.75, 3.05) is 26.2 Å². The summed E-state index contributed by atoms with van der Waals surface area (Å²) >= 11 is 0. The van der Waals surface area contributed by atoms with Gasteiger partial charge in [0.25, 0.3) is 11.8 Å². The van der Waals surface area contributed by atoms with Crippen molar-refractivity contribution in [1.82, 2.24) is 9.80 Å². The van der Waals surface area contributed by atoms with Crippen LogP contribution in [-0.2, 0) is 11.9 Å². The van der Waals surface area contributed by atoms with Crippen LogP contribution in [0.5, 0.6) is 0 Å². The van der Waals surface area contributed by atoms with E-state index in [9.17, 15) is 27.2 Å². The van der Waals surface area contributed by atoms with Gasteiger partial charge in [-0.2, -0.15) is 13.2 Å². The van der Waals surface area contributed by atoms with E-state index in [2.05, 4.69) is 10.8 Å². The number of carbonyl (C=O) groups is 2. The van der Waals surface area contributed by atoms with Gasteiger partial charge in [0, 0.05) is 37.5 Å². The Morgan fingerprint density at radius 1 is 0.879 bits per heavy atom. The summed E-state index contributed by atoms with van der Waals surface area (Å²) in [7, 11) is -0.446. The van der Waals surface area contributed by atoms with Crippen molar-refractivity contribution < 1.29 is 27.2 Å². The summed E-state index contributed by atoms with van der Waals surface area (Å²) < 4.78 is 53.3. The maximum Gasteiger partial charge on any atom is 0.416 e. The number of nitrogens with zero attached hydrogens (tertiary/aromatic N) is 2. The molecule has 0 saturated carbocycles. The third-order valence-corrected chi connectivity index (χ3v) is 7.42. The Balaban J connectivity index is 1.41. The first-order chi connectivity index (χ1) is 15.7. The highest BCUT2D eigenvalue weighted by atomic mass is 32.2. The largest absolute Gasteiger partial charge is 0.416 e. The number of thiol groups is 1. The van der Waals surface area contributed by atoms with E-state index in [4.69, 9.17) is 0 Å². The Morgan fingerprint density at radius 3 is 2.15 bits per heavy atom. The minimum absolute atomic E-state index is 0.00712. The van der Waals surface area contributed by atoms with Crippen LogP contribution in [-0.4, -0.2) is 47.8 Å². The van der Waals surface area contributed by atoms with Crippen LogP contribution in [0.2, 0.25) is 0 Å². The van der Waals surface area contributed by atoms with Crippen molar-refractivity contribution in [2.45, 2.75) is 11.9 Å². The number of hydrogen-bond donors (Lipinski definition) is 1. The number of rotatable bonds is 4. The molecule has 0 radical (unpaired) electrons. The lowest BCUT2D eigenvalue weighted by Gasteiger charge is -2.35. The molecular weight excluding hydrogens is 456 g/mol. The Hall–Kier alpha value is -3.07. The lowest BCUT2D eigenvalue weighted by molar-refractivity contribution is -0.137. The average Bonchev–Trinajstić information content (AvgIpc) is 3.32. The van der Waals surface area contributed by atoms with Crippen LogP contribution in [0.15, 0.2) is 65.4 Å². The lowest BCUT2D eigenvalue weighted by atomic mass is 10.1. The molecule has 4 rings (SSSR count). The molecule has 0 bridgehead atoms. The van der Waals surface area contributed by atoms with Crippen LogP contribution in [0.4, 0.5) is 17.6 Å². The van der Waals surface area contributed by atoms with Crippen molar-refractivity contribution in [3.8, 4) is 0 Å². The van der Waals surface area contributed by atoms with Gasteiger partial charge in [-0.15, -0.1) is 0 Å². The molecule has 0 N–H and O–H groups in total. The fourth-order valence-electron chi connectivity index (χ4n) is 3.82. The molecule has 2 heterocycles. The summed E-state index contributed by atoms with van der Waals surface area (Å²) in [6.45, 7) is 0.656. The Kier molecular flexibility index (Phi) is 6.60. The number of alkyl halides is 3. The number of piperazine rings is 1. The third kappa shape index (κ3) is 5.30. The second kappa shape index (κ2) is 9.43. The molecule has 9 heteroatoms. The SMILES string of the molecule is O=C(c1cccc(C(F)(F)F)c1)N1CCN(C(=O)c2cc(C[SH]3C=CC=C3)ccc2F)CC1. The molecule has 2 amide bonds. The summed E-state index contributed by atoms with van der Waals surface area (Å²) in [4.78, 5) is 28.5. The van der Waals surface area contributed by atoms with Gasteiger partial charge in [0.2, 0.25) is 0 Å². The molecular formula is C24H22F4N2O2S. The molecule has 2 aliphatic rings. The molecule has 2 aliphatic heterocycles. The molecule has 1 fully saturated rings. The predicted molar refractivity (Wildman–Crippen MR) is 121 cm³/mol. The second-order valence-electron chi connectivity index (χ2n) is 7.83. The van der Waals surface area contributed by atoms with Gasteiger partial charge in [0.1, 0.15) is 5.82 Å². The van der Waals surface area contributed by atoms with Crippen molar-refractivity contribution in [1.29, 1.82) is 0 Å². The number of benzene rings is 2. The fraction of sp³-hybridized carbons (Fsp3) is 0.250. The maximum absolute atomic E-state index is 14.4. The van der Waals surface area contributed by atoms with E-state index in [1.54, 1.807) is 12.1 Å². The molecule has 0 aromatic heterocycles. The fourth-order valence-corrected chi connectivity index (χ4v) is 5.38. The molecule has 0 aliphatic carbocycles. The van der Waals surface area contributed by atoms with Gasteiger partial charge in [-0.25, -0.2) is 15.3 Å². The summed E-state index contributed by atoms with van der Waals surface area (Å²) in [6, 6.07) is 8.85. The van der Waals surface area contributed by atoms with Crippen LogP contribution in [0.1, 0.15) is 31.8 Å². The van der Waals surface area contributed by atoms with E-state index in [-0.39, 0.29) is 37.3 Å². The number of allylic oxidation sites excluding steroid dienone is 2. The number of halogens is 4. The normalized spacial score (nSPS) is 17.0. The molecule has 4 nitrogen and oxygen atoms in total. The highest BCUT2D eigenvalue weighted by Crippen LogP contribution is 2.37. The monoisotopic (exact) mass is 478 g/mol. The van der Waals surface area contributed by atoms with Crippen molar-refractivity contribution >= 4 is 22.7 Å². The first kappa shape index (κ1) is 23.1. The molecule has 33 heavy (non-hydrogen) atoms. The van der Waals surface area contributed by atoms with Gasteiger partial charge in [-0.05, 0) is 46.7 Å². The molecule has 2 aromatic rings. The van der Waals surface area contributed by atoms with E-state index in [0.717, 1.165) is 23.4 Å². The van der Waals surface area contributed by atoms with E-state index in [1.807, 2.05) is 12.2 Å². The first-order valence-corrected chi connectivity index (χ1v) is 12.0.